The smallest absolute Gasteiger partial charge is 0.407 e. The van der Waals surface area contributed by atoms with Gasteiger partial charge in [0.15, 0.2) is 0 Å². The Labute approximate surface area is 447 Å². The number of amides is 5. The van der Waals surface area contributed by atoms with Gasteiger partial charge in [-0.3, -0.25) is 14.4 Å². The third kappa shape index (κ3) is 49.5. The number of thioether (sulfide) groups is 1. The molecule has 1 atom stereocenters. The average molecular weight is 1040 g/mol. The highest BCUT2D eigenvalue weighted by atomic mass is 32.2. The van der Waals surface area contributed by atoms with Gasteiger partial charge in [-0.15, -0.1) is 0 Å². The minimum absolute atomic E-state index is 0.132. The number of nitrogens with zero attached hydrogens (tertiary/aromatic N) is 1. The van der Waals surface area contributed by atoms with E-state index in [-0.39, 0.29) is 50.3 Å². The van der Waals surface area contributed by atoms with Gasteiger partial charge >= 0.3 is 12.2 Å². The first-order valence-corrected chi connectivity index (χ1v) is 31.1. The largest absolute Gasteiger partial charge is 0.444 e. The van der Waals surface area contributed by atoms with Crippen LogP contribution in [0.25, 0.3) is 0 Å². The minimum atomic E-state index is -0.627. The lowest BCUT2D eigenvalue weighted by atomic mass is 10.0. The normalized spacial score (nSPS) is 12.1. The predicted molar refractivity (Wildman–Crippen MR) is 305 cm³/mol. The van der Waals surface area contributed by atoms with Crippen molar-refractivity contribution in [1.82, 2.24) is 26.2 Å². The van der Waals surface area contributed by atoms with E-state index in [1.54, 1.807) is 53.3 Å². The van der Waals surface area contributed by atoms with Crippen molar-refractivity contribution in [3.05, 3.63) is 0 Å². The van der Waals surface area contributed by atoms with Gasteiger partial charge in [0.1, 0.15) is 11.2 Å². The van der Waals surface area contributed by atoms with Crippen molar-refractivity contribution in [3.8, 4) is 0 Å². The van der Waals surface area contributed by atoms with E-state index in [0.717, 1.165) is 38.8 Å². The summed E-state index contributed by atoms with van der Waals surface area (Å²) in [6, 6.07) is 0. The van der Waals surface area contributed by atoms with Crippen molar-refractivity contribution in [3.63, 3.8) is 0 Å². The standard InChI is InChI=1S/C59H115N5O7S/c1-9-11-13-15-17-19-21-23-25-27-29-31-33-35-37-39-48-64(49-40-38-36-34-32-30-28-26-24-22-20-18-16-14-12-10-2)54(66)43-50-72-51-52(55(67)61-45-47-63-57(69)71-59(6,7)8)41-42-53(65)60-44-46-62-56(68)70-58(3,4)5/h52H,9-51H2,1-8H3,(H,60,65)(H,61,67)(H,62,68)(H,63,69). The lowest BCUT2D eigenvalue weighted by molar-refractivity contribution is -0.131. The number of nitrogens with one attached hydrogen (secondary N) is 4. The molecule has 0 aromatic heterocycles. The van der Waals surface area contributed by atoms with Crippen LogP contribution in [0.5, 0.6) is 0 Å². The van der Waals surface area contributed by atoms with Crippen molar-refractivity contribution >= 4 is 41.7 Å². The molecule has 0 aromatic rings. The molecule has 0 spiro atoms. The molecule has 0 saturated heterocycles. The number of unbranched alkanes of at least 4 members (excludes halogenated alkanes) is 30. The topological polar surface area (TPSA) is 155 Å². The Balaban J connectivity index is 5.05. The molecule has 0 aliphatic rings. The van der Waals surface area contributed by atoms with Gasteiger partial charge in [0.2, 0.25) is 17.7 Å². The van der Waals surface area contributed by atoms with Crippen LogP contribution < -0.4 is 21.3 Å². The second kappa shape index (κ2) is 48.0. The number of carbonyl (C=O) groups is 5. The lowest BCUT2D eigenvalue weighted by Gasteiger charge is -2.23. The van der Waals surface area contributed by atoms with E-state index in [0.29, 0.717) is 24.3 Å². The molecule has 0 aliphatic carbocycles. The third-order valence-electron chi connectivity index (χ3n) is 13.0. The number of hydrogen-bond donors (Lipinski definition) is 4. The fourth-order valence-corrected chi connectivity index (χ4v) is 9.87. The number of ether oxygens (including phenoxy) is 2. The number of rotatable bonds is 49. The van der Waals surface area contributed by atoms with Crippen molar-refractivity contribution in [1.29, 1.82) is 0 Å². The molecule has 0 bridgehead atoms. The van der Waals surface area contributed by atoms with Crippen LogP contribution in [0.3, 0.4) is 0 Å². The fourth-order valence-electron chi connectivity index (χ4n) is 8.78. The zero-order valence-corrected chi connectivity index (χ0v) is 49.0. The Morgan fingerprint density at radius 2 is 0.750 bits per heavy atom. The van der Waals surface area contributed by atoms with Crippen LogP contribution in [-0.4, -0.2) is 96.8 Å². The van der Waals surface area contributed by atoms with Crippen LogP contribution in [0.4, 0.5) is 9.59 Å². The second-order valence-electron chi connectivity index (χ2n) is 22.5. The van der Waals surface area contributed by atoms with E-state index in [1.165, 1.54) is 180 Å². The second-order valence-corrected chi connectivity index (χ2v) is 23.7. The van der Waals surface area contributed by atoms with Gasteiger partial charge < -0.3 is 35.6 Å². The van der Waals surface area contributed by atoms with Crippen LogP contribution in [0.15, 0.2) is 0 Å². The van der Waals surface area contributed by atoms with Gasteiger partial charge in [0.05, 0.1) is 0 Å². The zero-order valence-electron chi connectivity index (χ0n) is 48.2. The highest BCUT2D eigenvalue weighted by Gasteiger charge is 2.22. The Kier molecular flexibility index (Phi) is 46.2. The Bertz CT molecular complexity index is 1290. The van der Waals surface area contributed by atoms with E-state index >= 15 is 0 Å². The Morgan fingerprint density at radius 3 is 1.10 bits per heavy atom. The molecule has 5 amide bonds. The molecule has 72 heavy (non-hydrogen) atoms. The zero-order chi connectivity index (χ0) is 53.4. The monoisotopic (exact) mass is 1040 g/mol. The summed E-state index contributed by atoms with van der Waals surface area (Å²) in [6.45, 7) is 17.8. The average Bonchev–Trinajstić information content (AvgIpc) is 3.31. The lowest BCUT2D eigenvalue weighted by Crippen LogP contribution is -2.40. The molecule has 13 heteroatoms. The Morgan fingerprint density at radius 1 is 0.431 bits per heavy atom. The van der Waals surface area contributed by atoms with E-state index in [4.69, 9.17) is 9.47 Å². The van der Waals surface area contributed by atoms with Crippen molar-refractivity contribution in [2.24, 2.45) is 5.92 Å². The summed E-state index contributed by atoms with van der Waals surface area (Å²) >= 11 is 1.58. The molecule has 1 unspecified atom stereocenters. The molecule has 0 rings (SSSR count). The molecular formula is C59H115N5O7S. The van der Waals surface area contributed by atoms with Crippen LogP contribution in [0.1, 0.15) is 280 Å². The summed E-state index contributed by atoms with van der Waals surface area (Å²) in [5.41, 5.74) is -1.24. The minimum Gasteiger partial charge on any atom is -0.444 e. The first-order valence-electron chi connectivity index (χ1n) is 29.9. The van der Waals surface area contributed by atoms with Crippen molar-refractivity contribution < 1.29 is 33.4 Å². The molecule has 4 N–H and O–H groups in total. The quantitative estimate of drug-likeness (QED) is 0.0439. The first kappa shape index (κ1) is 69.3. The highest BCUT2D eigenvalue weighted by molar-refractivity contribution is 7.99. The predicted octanol–water partition coefficient (Wildman–Crippen LogP) is 15.1. The van der Waals surface area contributed by atoms with Gasteiger partial charge in [0.25, 0.3) is 0 Å². The maximum Gasteiger partial charge on any atom is 0.407 e. The molecular weight excluding hydrogens is 923 g/mol. The summed E-state index contributed by atoms with van der Waals surface area (Å²) in [7, 11) is 0. The maximum atomic E-state index is 13.8. The summed E-state index contributed by atoms with van der Waals surface area (Å²) in [5.74, 6) is 0.364. The van der Waals surface area contributed by atoms with Gasteiger partial charge in [-0.25, -0.2) is 9.59 Å². The number of hydrogen-bond acceptors (Lipinski definition) is 8. The maximum absolute atomic E-state index is 13.8. The van der Waals surface area contributed by atoms with Gasteiger partial charge in [-0.05, 0) is 60.8 Å². The first-order chi connectivity index (χ1) is 34.6. The summed E-state index contributed by atoms with van der Waals surface area (Å²) < 4.78 is 10.6. The van der Waals surface area contributed by atoms with E-state index in [1.807, 2.05) is 0 Å². The molecule has 0 fully saturated rings. The fraction of sp³-hybridized carbons (Fsp3) is 0.915. The number of alkyl carbamates (subject to hydrolysis) is 2. The van der Waals surface area contributed by atoms with Crippen molar-refractivity contribution in [2.75, 3.05) is 50.8 Å². The van der Waals surface area contributed by atoms with Crippen LogP contribution >= 0.6 is 11.8 Å². The SMILES string of the molecule is CCCCCCCCCCCCCCCCCCN(CCCCCCCCCCCCCCCCCC)C(=O)CCSCC(CCC(=O)NCCNC(=O)OC(C)(C)C)C(=O)NCCNC(=O)OC(C)(C)C. The van der Waals surface area contributed by atoms with Crippen molar-refractivity contribution in [2.45, 2.75) is 291 Å². The summed E-state index contributed by atoms with van der Waals surface area (Å²) in [6.07, 6.45) is 42.2. The van der Waals surface area contributed by atoms with E-state index < -0.39 is 29.3 Å². The van der Waals surface area contributed by atoms with Gasteiger partial charge in [-0.1, -0.05) is 206 Å². The summed E-state index contributed by atoms with van der Waals surface area (Å²) in [5, 5.41) is 11.0. The van der Waals surface area contributed by atoms with Gasteiger partial charge in [0, 0.05) is 69.5 Å². The molecule has 0 radical (unpaired) electrons. The molecule has 0 aliphatic heterocycles. The molecule has 0 heterocycles. The van der Waals surface area contributed by atoms with E-state index in [2.05, 4.69) is 40.0 Å². The van der Waals surface area contributed by atoms with Crippen LogP contribution in [0.2, 0.25) is 0 Å². The third-order valence-corrected chi connectivity index (χ3v) is 14.1. The number of carbonyl (C=O) groups excluding carboxylic acids is 5. The molecule has 424 valence electrons. The molecule has 12 nitrogen and oxygen atoms in total. The van der Waals surface area contributed by atoms with E-state index in [9.17, 15) is 24.0 Å². The summed E-state index contributed by atoms with van der Waals surface area (Å²) in [4.78, 5) is 66.2. The Hall–Kier alpha value is -2.70. The molecule has 0 saturated carbocycles. The molecule has 0 aromatic carbocycles. The highest BCUT2D eigenvalue weighted by Crippen LogP contribution is 2.19. The van der Waals surface area contributed by atoms with Crippen LogP contribution in [-0.2, 0) is 23.9 Å². The van der Waals surface area contributed by atoms with Gasteiger partial charge in [-0.2, -0.15) is 11.8 Å². The van der Waals surface area contributed by atoms with Crippen LogP contribution in [0, 0.1) is 5.92 Å².